The molecule has 3 rings (SSSR count). The van der Waals surface area contributed by atoms with Gasteiger partial charge in [0, 0.05) is 57.3 Å². The van der Waals surface area contributed by atoms with E-state index in [1.165, 1.54) is 18.4 Å². The van der Waals surface area contributed by atoms with Gasteiger partial charge in [0.25, 0.3) is 0 Å². The first-order valence-corrected chi connectivity index (χ1v) is 10.1. The standard InChI is InChI=1S/C20H35N3O2/c1-22(2)13-17-14-23(18-8-10-25-11-9-18)15-19(17)21-20(24)12-16-6-4-3-5-7-16/h6,17-19H,3-5,7-15H2,1-2H3,(H,21,24)/t17-,19-/m1/s1. The second-order valence-electron chi connectivity index (χ2n) is 8.28. The van der Waals surface area contributed by atoms with Gasteiger partial charge in [0.05, 0.1) is 0 Å². The first kappa shape index (κ1) is 18.9. The van der Waals surface area contributed by atoms with Gasteiger partial charge in [-0.1, -0.05) is 11.6 Å². The van der Waals surface area contributed by atoms with E-state index in [0.717, 1.165) is 58.5 Å². The van der Waals surface area contributed by atoms with Gasteiger partial charge in [-0.2, -0.15) is 0 Å². The Morgan fingerprint density at radius 1 is 1.28 bits per heavy atom. The van der Waals surface area contributed by atoms with Gasteiger partial charge >= 0.3 is 0 Å². The number of rotatable bonds is 6. The average Bonchev–Trinajstić information content (AvgIpc) is 2.98. The van der Waals surface area contributed by atoms with Crippen molar-refractivity contribution < 1.29 is 9.53 Å². The van der Waals surface area contributed by atoms with E-state index in [1.54, 1.807) is 0 Å². The van der Waals surface area contributed by atoms with E-state index in [-0.39, 0.29) is 11.9 Å². The lowest BCUT2D eigenvalue weighted by Gasteiger charge is -2.31. The van der Waals surface area contributed by atoms with Crippen molar-refractivity contribution in [2.75, 3.05) is 46.9 Å². The fraction of sp³-hybridized carbons (Fsp3) is 0.850. The van der Waals surface area contributed by atoms with Crippen LogP contribution in [0.3, 0.4) is 0 Å². The third kappa shape index (κ3) is 5.53. The molecule has 5 nitrogen and oxygen atoms in total. The van der Waals surface area contributed by atoms with Gasteiger partial charge < -0.3 is 15.0 Å². The molecular formula is C20H35N3O2. The van der Waals surface area contributed by atoms with E-state index in [9.17, 15) is 4.79 Å². The van der Waals surface area contributed by atoms with Crippen molar-refractivity contribution >= 4 is 5.91 Å². The molecule has 2 atom stereocenters. The Hall–Kier alpha value is -0.910. The Balaban J connectivity index is 1.56. The molecule has 1 aliphatic carbocycles. The zero-order valence-corrected chi connectivity index (χ0v) is 16.0. The molecule has 25 heavy (non-hydrogen) atoms. The zero-order chi connectivity index (χ0) is 17.6. The summed E-state index contributed by atoms with van der Waals surface area (Å²) in [6.45, 7) is 4.88. The Morgan fingerprint density at radius 3 is 2.76 bits per heavy atom. The number of nitrogens with one attached hydrogen (secondary N) is 1. The van der Waals surface area contributed by atoms with Crippen molar-refractivity contribution in [1.82, 2.24) is 15.1 Å². The van der Waals surface area contributed by atoms with Crippen LogP contribution in [0.4, 0.5) is 0 Å². The largest absolute Gasteiger partial charge is 0.381 e. The first-order chi connectivity index (χ1) is 12.1. The van der Waals surface area contributed by atoms with Crippen LogP contribution in [0.25, 0.3) is 0 Å². The summed E-state index contributed by atoms with van der Waals surface area (Å²) in [5.74, 6) is 0.734. The average molecular weight is 350 g/mol. The van der Waals surface area contributed by atoms with Crippen LogP contribution in [0.5, 0.6) is 0 Å². The van der Waals surface area contributed by atoms with Crippen LogP contribution in [-0.4, -0.2) is 74.7 Å². The smallest absolute Gasteiger partial charge is 0.224 e. The molecule has 0 aromatic heterocycles. The maximum absolute atomic E-state index is 12.6. The lowest BCUT2D eigenvalue weighted by molar-refractivity contribution is -0.121. The van der Waals surface area contributed by atoms with Crippen LogP contribution in [0.1, 0.15) is 44.9 Å². The topological polar surface area (TPSA) is 44.8 Å². The van der Waals surface area contributed by atoms with Crippen molar-refractivity contribution in [3.8, 4) is 0 Å². The Morgan fingerprint density at radius 2 is 2.08 bits per heavy atom. The molecule has 2 aliphatic heterocycles. The lowest BCUT2D eigenvalue weighted by Crippen LogP contribution is -2.44. The number of ether oxygens (including phenoxy) is 1. The van der Waals surface area contributed by atoms with Crippen molar-refractivity contribution in [3.63, 3.8) is 0 Å². The number of allylic oxidation sites excluding steroid dienone is 1. The molecule has 0 aromatic carbocycles. The predicted octanol–water partition coefficient (Wildman–Crippen LogP) is 2.03. The summed E-state index contributed by atoms with van der Waals surface area (Å²) in [5.41, 5.74) is 1.34. The molecule has 5 heteroatoms. The van der Waals surface area contributed by atoms with Crippen molar-refractivity contribution in [3.05, 3.63) is 11.6 Å². The highest BCUT2D eigenvalue weighted by Gasteiger charge is 2.37. The molecule has 0 bridgehead atoms. The number of hydrogen-bond donors (Lipinski definition) is 1. The number of nitrogens with zero attached hydrogens (tertiary/aromatic N) is 2. The molecular weight excluding hydrogens is 314 g/mol. The van der Waals surface area contributed by atoms with Crippen LogP contribution in [0.15, 0.2) is 11.6 Å². The van der Waals surface area contributed by atoms with Crippen LogP contribution in [-0.2, 0) is 9.53 Å². The van der Waals surface area contributed by atoms with Gasteiger partial charge in [-0.3, -0.25) is 9.69 Å². The first-order valence-electron chi connectivity index (χ1n) is 10.1. The second-order valence-corrected chi connectivity index (χ2v) is 8.28. The summed E-state index contributed by atoms with van der Waals surface area (Å²) in [6.07, 6.45) is 9.90. The van der Waals surface area contributed by atoms with Gasteiger partial charge in [0.2, 0.25) is 5.91 Å². The van der Waals surface area contributed by atoms with Gasteiger partial charge in [0.15, 0.2) is 0 Å². The Bertz CT molecular complexity index is 472. The van der Waals surface area contributed by atoms with E-state index < -0.39 is 0 Å². The van der Waals surface area contributed by atoms with E-state index in [0.29, 0.717) is 18.4 Å². The molecule has 0 saturated carbocycles. The third-order valence-corrected chi connectivity index (χ3v) is 5.90. The quantitative estimate of drug-likeness (QED) is 0.746. The van der Waals surface area contributed by atoms with E-state index in [2.05, 4.69) is 35.3 Å². The molecule has 1 N–H and O–H groups in total. The normalized spacial score (nSPS) is 29.0. The highest BCUT2D eigenvalue weighted by molar-refractivity contribution is 5.79. The summed E-state index contributed by atoms with van der Waals surface area (Å²) in [7, 11) is 4.26. The van der Waals surface area contributed by atoms with E-state index in [1.807, 2.05) is 0 Å². The summed E-state index contributed by atoms with van der Waals surface area (Å²) < 4.78 is 5.52. The molecule has 142 valence electrons. The van der Waals surface area contributed by atoms with E-state index >= 15 is 0 Å². The van der Waals surface area contributed by atoms with Crippen LogP contribution >= 0.6 is 0 Å². The SMILES string of the molecule is CN(C)C[C@@H]1CN(C2CCOCC2)C[C@H]1NC(=O)CC1=CCCCC1. The fourth-order valence-corrected chi connectivity index (χ4v) is 4.60. The van der Waals surface area contributed by atoms with Gasteiger partial charge in [-0.05, 0) is 52.6 Å². The van der Waals surface area contributed by atoms with Gasteiger partial charge in [0.1, 0.15) is 0 Å². The number of carbonyl (C=O) groups excluding carboxylic acids is 1. The highest BCUT2D eigenvalue weighted by atomic mass is 16.5. The maximum Gasteiger partial charge on any atom is 0.224 e. The summed E-state index contributed by atoms with van der Waals surface area (Å²) in [5, 5.41) is 3.37. The molecule has 0 spiro atoms. The monoisotopic (exact) mass is 349 g/mol. The maximum atomic E-state index is 12.6. The molecule has 0 unspecified atom stereocenters. The Labute approximate surface area is 152 Å². The van der Waals surface area contributed by atoms with Crippen LogP contribution in [0, 0.1) is 5.92 Å². The second kappa shape index (κ2) is 9.15. The molecule has 2 saturated heterocycles. The third-order valence-electron chi connectivity index (χ3n) is 5.90. The summed E-state index contributed by atoms with van der Waals surface area (Å²) in [6, 6.07) is 0.906. The number of hydrogen-bond acceptors (Lipinski definition) is 4. The van der Waals surface area contributed by atoms with E-state index in [4.69, 9.17) is 4.74 Å². The van der Waals surface area contributed by atoms with Crippen LogP contribution in [0.2, 0.25) is 0 Å². The van der Waals surface area contributed by atoms with Crippen LogP contribution < -0.4 is 5.32 Å². The minimum absolute atomic E-state index is 0.218. The fourth-order valence-electron chi connectivity index (χ4n) is 4.60. The van der Waals surface area contributed by atoms with Gasteiger partial charge in [-0.25, -0.2) is 0 Å². The lowest BCUT2D eigenvalue weighted by atomic mass is 9.96. The highest BCUT2D eigenvalue weighted by Crippen LogP contribution is 2.25. The molecule has 1 amide bonds. The number of amides is 1. The molecule has 2 fully saturated rings. The summed E-state index contributed by atoms with van der Waals surface area (Å²) >= 11 is 0. The number of likely N-dealkylation sites (tertiary alicyclic amines) is 1. The molecule has 3 aliphatic rings. The molecule has 0 radical (unpaired) electrons. The molecule has 2 heterocycles. The minimum Gasteiger partial charge on any atom is -0.381 e. The minimum atomic E-state index is 0.218. The predicted molar refractivity (Wildman–Crippen MR) is 101 cm³/mol. The van der Waals surface area contributed by atoms with Gasteiger partial charge in [-0.15, -0.1) is 0 Å². The van der Waals surface area contributed by atoms with Crippen molar-refractivity contribution in [2.24, 2.45) is 5.92 Å². The molecule has 0 aromatic rings. The summed E-state index contributed by atoms with van der Waals surface area (Å²) in [4.78, 5) is 17.4. The van der Waals surface area contributed by atoms with Crippen molar-refractivity contribution in [2.45, 2.75) is 57.0 Å². The number of carbonyl (C=O) groups is 1. The van der Waals surface area contributed by atoms with Crippen molar-refractivity contribution in [1.29, 1.82) is 0 Å². The Kier molecular flexibility index (Phi) is 6.91. The zero-order valence-electron chi connectivity index (χ0n) is 16.0.